The Kier molecular flexibility index (Phi) is 43.4. The van der Waals surface area contributed by atoms with E-state index in [-0.39, 0.29) is 48.9 Å². The molecule has 0 rings (SSSR count). The van der Waals surface area contributed by atoms with E-state index < -0.39 is 18.4 Å². The van der Waals surface area contributed by atoms with Crippen LogP contribution in [0.25, 0.3) is 0 Å². The van der Waals surface area contributed by atoms with Gasteiger partial charge in [-0.15, -0.1) is 0 Å². The molecule has 4 nitrogen and oxygen atoms in total. The number of rotatable bonds is 14. The van der Waals surface area contributed by atoms with Crippen molar-refractivity contribution in [1.82, 2.24) is 0 Å². The minimum atomic E-state index is -1.31. The van der Waals surface area contributed by atoms with E-state index in [1.165, 1.54) is 77.0 Å². The molecule has 0 aromatic rings. The molecule has 0 atom stereocenters. The van der Waals surface area contributed by atoms with Crippen LogP contribution in [-0.2, 0) is 9.59 Å². The van der Waals surface area contributed by atoms with Gasteiger partial charge in [-0.1, -0.05) is 90.9 Å². The Morgan fingerprint density at radius 1 is 0.615 bits per heavy atom. The van der Waals surface area contributed by atoms with Gasteiger partial charge in [0.05, 0.1) is 0 Å². The zero-order chi connectivity index (χ0) is 19.8. The molecule has 0 aliphatic rings. The molecule has 0 aromatic heterocycles. The van der Waals surface area contributed by atoms with Crippen molar-refractivity contribution in [2.75, 3.05) is 0 Å². The van der Waals surface area contributed by atoms with Crippen molar-refractivity contribution in [1.29, 1.82) is 0 Å². The van der Waals surface area contributed by atoms with Crippen molar-refractivity contribution in [2.24, 2.45) is 0 Å². The van der Waals surface area contributed by atoms with E-state index in [0.717, 1.165) is 12.8 Å². The molecule has 152 valence electrons. The first kappa shape index (κ1) is 34.0. The fourth-order valence-electron chi connectivity index (χ4n) is 2.04. The maximum absolute atomic E-state index is 9.43. The number of carboxylic acid groups (broad SMARTS) is 2. The zero-order valence-corrected chi connectivity index (χ0v) is 21.9. The summed E-state index contributed by atoms with van der Waals surface area (Å²) < 4.78 is 0. The van der Waals surface area contributed by atoms with E-state index >= 15 is 0 Å². The molecule has 0 aliphatic heterocycles. The third-order valence-corrected chi connectivity index (χ3v) is 3.51. The van der Waals surface area contributed by atoms with E-state index in [0.29, 0.717) is 0 Å². The summed E-state index contributed by atoms with van der Waals surface area (Å²) in [5.41, 5.74) is 0. The van der Waals surface area contributed by atoms with Crippen molar-refractivity contribution in [2.45, 2.75) is 110 Å². The van der Waals surface area contributed by atoms with Gasteiger partial charge in [0.2, 0.25) is 0 Å². The van der Waals surface area contributed by atoms with Crippen molar-refractivity contribution in [3.05, 3.63) is 13.8 Å². The number of carboxylic acids is 2. The smallest absolute Gasteiger partial charge is 0.481 e. The molecular weight excluding hydrogens is 454 g/mol. The SMILES string of the molecule is O=C(O)CC(=O)O.[Ba+2].[CH2-]CCCCCCCC.[CH2-]CCCCCCCC. The standard InChI is InChI=1S/2C9H19.C3H4O4.Ba/c2*1-3-5-7-9-8-6-4-2;4-2(5)1-3(6)7;/h2*1,3-9H2,2H3;1H2,(H,4,5)(H,6,7);/q2*-1;;+2. The predicted octanol–water partition coefficient (Wildman–Crippen LogP) is 6.31. The second kappa shape index (κ2) is 33.1. The average molecular weight is 496 g/mol. The van der Waals surface area contributed by atoms with Crippen LogP contribution in [-0.4, -0.2) is 71.0 Å². The largest absolute Gasteiger partial charge is 2.00 e. The van der Waals surface area contributed by atoms with Crippen LogP contribution in [0.4, 0.5) is 0 Å². The molecule has 0 bridgehead atoms. The van der Waals surface area contributed by atoms with Gasteiger partial charge in [0.1, 0.15) is 6.42 Å². The van der Waals surface area contributed by atoms with Gasteiger partial charge in [0.15, 0.2) is 0 Å². The Balaban J connectivity index is -0.000000138. The number of aliphatic carboxylic acids is 2. The predicted molar refractivity (Wildman–Crippen MR) is 112 cm³/mol. The Morgan fingerprint density at radius 2 is 0.885 bits per heavy atom. The van der Waals surface area contributed by atoms with Gasteiger partial charge in [0.25, 0.3) is 0 Å². The van der Waals surface area contributed by atoms with E-state index in [1.807, 2.05) is 0 Å². The van der Waals surface area contributed by atoms with Crippen LogP contribution in [0.2, 0.25) is 0 Å². The van der Waals surface area contributed by atoms with Gasteiger partial charge in [-0.05, 0) is 0 Å². The molecule has 2 N–H and O–H groups in total. The van der Waals surface area contributed by atoms with Crippen LogP contribution < -0.4 is 0 Å². The van der Waals surface area contributed by atoms with E-state index in [1.54, 1.807) is 0 Å². The Hall–Kier alpha value is 0.511. The molecule has 0 saturated carbocycles. The van der Waals surface area contributed by atoms with Crippen molar-refractivity contribution in [3.63, 3.8) is 0 Å². The van der Waals surface area contributed by atoms with Gasteiger partial charge in [-0.2, -0.15) is 12.8 Å². The molecule has 5 heteroatoms. The minimum absolute atomic E-state index is 0. The Bertz CT molecular complexity index is 233. The van der Waals surface area contributed by atoms with Crippen LogP contribution in [0.3, 0.4) is 0 Å². The van der Waals surface area contributed by atoms with Crippen LogP contribution >= 0.6 is 0 Å². The average Bonchev–Trinajstić information content (AvgIpc) is 2.55. The van der Waals surface area contributed by atoms with Crippen LogP contribution in [0, 0.1) is 13.8 Å². The number of hydrogen-bond donors (Lipinski definition) is 2. The molecule has 0 fully saturated rings. The van der Waals surface area contributed by atoms with Gasteiger partial charge in [-0.3, -0.25) is 9.59 Å². The molecule has 0 aromatic carbocycles. The minimum Gasteiger partial charge on any atom is -0.481 e. The summed E-state index contributed by atoms with van der Waals surface area (Å²) in [6.07, 6.45) is 18.1. The van der Waals surface area contributed by atoms with Crippen LogP contribution in [0.1, 0.15) is 110 Å². The molecule has 0 spiro atoms. The van der Waals surface area contributed by atoms with E-state index in [2.05, 4.69) is 27.7 Å². The van der Waals surface area contributed by atoms with E-state index in [4.69, 9.17) is 10.2 Å². The monoisotopic (exact) mass is 496 g/mol. The summed E-state index contributed by atoms with van der Waals surface area (Å²) in [7, 11) is 0. The normalized spacial score (nSPS) is 9.08. The maximum Gasteiger partial charge on any atom is 2.00 e. The second-order valence-electron chi connectivity index (χ2n) is 6.21. The molecule has 0 saturated heterocycles. The van der Waals surface area contributed by atoms with Gasteiger partial charge in [0, 0.05) is 0 Å². The summed E-state index contributed by atoms with van der Waals surface area (Å²) in [6, 6.07) is 0. The molecule has 0 radical (unpaired) electrons. The topological polar surface area (TPSA) is 74.6 Å². The van der Waals surface area contributed by atoms with Gasteiger partial charge in [-0.25, -0.2) is 0 Å². The third-order valence-electron chi connectivity index (χ3n) is 3.51. The van der Waals surface area contributed by atoms with Crippen LogP contribution in [0.15, 0.2) is 0 Å². The van der Waals surface area contributed by atoms with Crippen LogP contribution in [0.5, 0.6) is 0 Å². The molecule has 0 amide bonds. The molecule has 0 aliphatic carbocycles. The van der Waals surface area contributed by atoms with Crippen molar-refractivity contribution in [3.8, 4) is 0 Å². The molecule has 0 unspecified atom stereocenters. The quantitative estimate of drug-likeness (QED) is 0.128. The molecule has 26 heavy (non-hydrogen) atoms. The van der Waals surface area contributed by atoms with Gasteiger partial charge >= 0.3 is 60.8 Å². The van der Waals surface area contributed by atoms with E-state index in [9.17, 15) is 9.59 Å². The summed E-state index contributed by atoms with van der Waals surface area (Å²) >= 11 is 0. The fraction of sp³-hybridized carbons (Fsp3) is 0.810. The summed E-state index contributed by atoms with van der Waals surface area (Å²) in [6.45, 7) is 12.1. The number of hydrogen-bond acceptors (Lipinski definition) is 2. The Morgan fingerprint density at radius 3 is 1.08 bits per heavy atom. The first-order chi connectivity index (χ1) is 12.0. The summed E-state index contributed by atoms with van der Waals surface area (Å²) in [5, 5.41) is 15.4. The maximum atomic E-state index is 9.43. The molecule has 0 heterocycles. The van der Waals surface area contributed by atoms with Gasteiger partial charge < -0.3 is 24.1 Å². The zero-order valence-electron chi connectivity index (χ0n) is 17.4. The summed E-state index contributed by atoms with van der Waals surface area (Å²) in [5.74, 6) is -2.62. The van der Waals surface area contributed by atoms with Crippen molar-refractivity contribution < 1.29 is 19.8 Å². The molecular formula is C21H42BaO4. The van der Waals surface area contributed by atoms with Crippen molar-refractivity contribution >= 4 is 60.8 Å². The fourth-order valence-corrected chi connectivity index (χ4v) is 2.04. The second-order valence-corrected chi connectivity index (χ2v) is 6.21. The summed E-state index contributed by atoms with van der Waals surface area (Å²) in [4.78, 5) is 18.9. The third kappa shape index (κ3) is 49.7. The first-order valence-electron chi connectivity index (χ1n) is 9.98. The Labute approximate surface area is 203 Å². The first-order valence-corrected chi connectivity index (χ1v) is 9.98. The number of carbonyl (C=O) groups is 2. The number of unbranched alkanes of at least 4 members (excludes halogenated alkanes) is 12.